The van der Waals surface area contributed by atoms with E-state index in [0.717, 1.165) is 18.4 Å². The molecule has 2 heteroatoms. The van der Waals surface area contributed by atoms with Crippen LogP contribution in [-0.2, 0) is 0 Å². The van der Waals surface area contributed by atoms with E-state index in [0.29, 0.717) is 6.04 Å². The molecule has 1 atom stereocenters. The van der Waals surface area contributed by atoms with Gasteiger partial charge in [-0.25, -0.2) is 0 Å². The zero-order valence-electron chi connectivity index (χ0n) is 13.5. The number of piperidine rings is 1. The van der Waals surface area contributed by atoms with E-state index in [-0.39, 0.29) is 0 Å². The number of likely N-dealkylation sites (tertiary alicyclic amines) is 1. The van der Waals surface area contributed by atoms with Gasteiger partial charge in [0.05, 0.1) is 0 Å². The van der Waals surface area contributed by atoms with Crippen LogP contribution in [0, 0.1) is 18.8 Å². The Balaban J connectivity index is 1.93. The van der Waals surface area contributed by atoms with Gasteiger partial charge >= 0.3 is 0 Å². The maximum atomic E-state index is 3.50. The predicted molar refractivity (Wildman–Crippen MR) is 87.0 cm³/mol. The third kappa shape index (κ3) is 3.83. The first kappa shape index (κ1) is 15.5. The Labute approximate surface area is 124 Å². The van der Waals surface area contributed by atoms with Gasteiger partial charge in [-0.1, -0.05) is 38.1 Å². The van der Waals surface area contributed by atoms with Gasteiger partial charge in [0.25, 0.3) is 0 Å². The fraction of sp³-hybridized carbons (Fsp3) is 0.667. The molecule has 0 radical (unpaired) electrons. The summed E-state index contributed by atoms with van der Waals surface area (Å²) in [7, 11) is 2.08. The van der Waals surface area contributed by atoms with Crippen molar-refractivity contribution in [1.29, 1.82) is 0 Å². The van der Waals surface area contributed by atoms with Crippen molar-refractivity contribution in [3.63, 3.8) is 0 Å². The second-order valence-corrected chi connectivity index (χ2v) is 6.58. The number of nitrogens with one attached hydrogen (secondary N) is 1. The number of benzene rings is 1. The van der Waals surface area contributed by atoms with Gasteiger partial charge < -0.3 is 10.2 Å². The third-order valence-corrected chi connectivity index (χ3v) is 4.93. The molecule has 1 fully saturated rings. The summed E-state index contributed by atoms with van der Waals surface area (Å²) in [6.45, 7) is 10.6. The fourth-order valence-electron chi connectivity index (χ4n) is 3.38. The minimum absolute atomic E-state index is 0.451. The Bertz CT molecular complexity index is 406. The summed E-state index contributed by atoms with van der Waals surface area (Å²) in [5, 5.41) is 3.50. The quantitative estimate of drug-likeness (QED) is 0.882. The average molecular weight is 274 g/mol. The molecule has 0 spiro atoms. The van der Waals surface area contributed by atoms with Gasteiger partial charge in [0.15, 0.2) is 0 Å². The van der Waals surface area contributed by atoms with Crippen LogP contribution in [0.2, 0.25) is 0 Å². The highest BCUT2D eigenvalue weighted by Gasteiger charge is 2.23. The van der Waals surface area contributed by atoms with E-state index in [1.54, 1.807) is 0 Å². The number of hydrogen-bond donors (Lipinski definition) is 1. The average Bonchev–Trinajstić information content (AvgIpc) is 2.46. The molecule has 0 saturated carbocycles. The first-order chi connectivity index (χ1) is 9.61. The van der Waals surface area contributed by atoms with E-state index in [2.05, 4.69) is 62.3 Å². The van der Waals surface area contributed by atoms with E-state index in [4.69, 9.17) is 0 Å². The number of aryl methyl sites for hydroxylation is 1. The van der Waals surface area contributed by atoms with Gasteiger partial charge in [0, 0.05) is 12.6 Å². The minimum atomic E-state index is 0.451. The van der Waals surface area contributed by atoms with E-state index < -0.39 is 0 Å². The normalized spacial score (nSPS) is 19.4. The molecule has 0 amide bonds. The molecular weight excluding hydrogens is 244 g/mol. The Morgan fingerprint density at radius 2 is 1.85 bits per heavy atom. The number of hydrogen-bond acceptors (Lipinski definition) is 2. The molecule has 0 bridgehead atoms. The maximum Gasteiger partial charge on any atom is 0.0449 e. The molecule has 1 heterocycles. The van der Waals surface area contributed by atoms with Crippen LogP contribution in [0.3, 0.4) is 0 Å². The molecule has 1 aliphatic rings. The molecule has 20 heavy (non-hydrogen) atoms. The molecule has 1 saturated heterocycles. The van der Waals surface area contributed by atoms with Crippen LogP contribution in [0.1, 0.15) is 43.9 Å². The Morgan fingerprint density at radius 1 is 1.20 bits per heavy atom. The highest BCUT2D eigenvalue weighted by atomic mass is 15.1. The minimum Gasteiger partial charge on any atom is -0.312 e. The summed E-state index contributed by atoms with van der Waals surface area (Å²) in [5.41, 5.74) is 2.84. The summed E-state index contributed by atoms with van der Waals surface area (Å²) in [4.78, 5) is 2.63. The Kier molecular flexibility index (Phi) is 5.62. The monoisotopic (exact) mass is 274 g/mol. The highest BCUT2D eigenvalue weighted by Crippen LogP contribution is 2.26. The fourth-order valence-corrected chi connectivity index (χ4v) is 3.38. The molecule has 1 aromatic rings. The molecule has 1 aliphatic heterocycles. The van der Waals surface area contributed by atoms with Gasteiger partial charge in [-0.3, -0.25) is 0 Å². The Morgan fingerprint density at radius 3 is 2.40 bits per heavy atom. The molecule has 0 aliphatic carbocycles. The lowest BCUT2D eigenvalue weighted by Crippen LogP contribution is -2.40. The van der Waals surface area contributed by atoms with Crippen molar-refractivity contribution in [2.45, 2.75) is 39.7 Å². The van der Waals surface area contributed by atoms with Crippen molar-refractivity contribution in [3.8, 4) is 0 Å². The summed E-state index contributed by atoms with van der Waals surface area (Å²) in [6.07, 6.45) is 2.73. The summed E-state index contributed by atoms with van der Waals surface area (Å²) < 4.78 is 0. The lowest BCUT2D eigenvalue weighted by Gasteiger charge is -2.36. The lowest BCUT2D eigenvalue weighted by atomic mass is 9.86. The van der Waals surface area contributed by atoms with Gasteiger partial charge in [-0.2, -0.15) is 0 Å². The highest BCUT2D eigenvalue weighted by molar-refractivity contribution is 5.29. The van der Waals surface area contributed by atoms with E-state index in [9.17, 15) is 0 Å². The molecule has 2 nitrogen and oxygen atoms in total. The smallest absolute Gasteiger partial charge is 0.0449 e. The zero-order chi connectivity index (χ0) is 14.5. The first-order valence-corrected chi connectivity index (χ1v) is 8.07. The van der Waals surface area contributed by atoms with Crippen LogP contribution in [0.25, 0.3) is 0 Å². The maximum absolute atomic E-state index is 3.50. The van der Waals surface area contributed by atoms with E-state index >= 15 is 0 Å². The van der Waals surface area contributed by atoms with Gasteiger partial charge in [0.2, 0.25) is 0 Å². The second-order valence-electron chi connectivity index (χ2n) is 6.58. The number of rotatable bonds is 5. The van der Waals surface area contributed by atoms with Crippen molar-refractivity contribution in [2.75, 3.05) is 26.7 Å². The summed E-state index contributed by atoms with van der Waals surface area (Å²) >= 11 is 0. The van der Waals surface area contributed by atoms with Crippen molar-refractivity contribution >= 4 is 0 Å². The van der Waals surface area contributed by atoms with Crippen LogP contribution >= 0.6 is 0 Å². The molecule has 112 valence electrons. The SMILES string of the molecule is CNC(CN1CCC(C(C)C)CC1)c1ccccc1C. The lowest BCUT2D eigenvalue weighted by molar-refractivity contribution is 0.147. The van der Waals surface area contributed by atoms with Crippen LogP contribution in [0.5, 0.6) is 0 Å². The van der Waals surface area contributed by atoms with Crippen LogP contribution in [0.15, 0.2) is 24.3 Å². The van der Waals surface area contributed by atoms with Gasteiger partial charge in [-0.05, 0) is 62.9 Å². The van der Waals surface area contributed by atoms with Crippen LogP contribution in [-0.4, -0.2) is 31.6 Å². The summed E-state index contributed by atoms with van der Waals surface area (Å²) in [6, 6.07) is 9.20. The van der Waals surface area contributed by atoms with Gasteiger partial charge in [-0.15, -0.1) is 0 Å². The molecule has 0 aromatic heterocycles. The topological polar surface area (TPSA) is 15.3 Å². The Hall–Kier alpha value is -0.860. The van der Waals surface area contributed by atoms with Crippen molar-refractivity contribution in [2.24, 2.45) is 11.8 Å². The van der Waals surface area contributed by atoms with E-state index in [1.165, 1.54) is 37.1 Å². The van der Waals surface area contributed by atoms with Crippen molar-refractivity contribution in [3.05, 3.63) is 35.4 Å². The first-order valence-electron chi connectivity index (χ1n) is 8.07. The van der Waals surface area contributed by atoms with Crippen molar-refractivity contribution < 1.29 is 0 Å². The largest absolute Gasteiger partial charge is 0.312 e. The third-order valence-electron chi connectivity index (χ3n) is 4.93. The predicted octanol–water partition coefficient (Wildman–Crippen LogP) is 3.62. The molecular formula is C18H30N2. The standard InChI is InChI=1S/C18H30N2/c1-14(2)16-9-11-20(12-10-16)13-18(19-4)17-8-6-5-7-15(17)3/h5-8,14,16,18-19H,9-13H2,1-4H3. The number of likely N-dealkylation sites (N-methyl/N-ethyl adjacent to an activating group) is 1. The van der Waals surface area contributed by atoms with Gasteiger partial charge in [0.1, 0.15) is 0 Å². The summed E-state index contributed by atoms with van der Waals surface area (Å²) in [5.74, 6) is 1.77. The van der Waals surface area contributed by atoms with Crippen molar-refractivity contribution in [1.82, 2.24) is 10.2 Å². The molecule has 1 N–H and O–H groups in total. The van der Waals surface area contributed by atoms with E-state index in [1.807, 2.05) is 0 Å². The molecule has 1 unspecified atom stereocenters. The molecule has 1 aromatic carbocycles. The second kappa shape index (κ2) is 7.24. The van der Waals surface area contributed by atoms with Crippen LogP contribution in [0.4, 0.5) is 0 Å². The number of nitrogens with zero attached hydrogens (tertiary/aromatic N) is 1. The van der Waals surface area contributed by atoms with Crippen LogP contribution < -0.4 is 5.32 Å². The zero-order valence-corrected chi connectivity index (χ0v) is 13.5. The molecule has 2 rings (SSSR count).